The number of carbonyl (C=O) groups is 1. The summed E-state index contributed by atoms with van der Waals surface area (Å²) in [6.07, 6.45) is -0.682. The zero-order valence-electron chi connectivity index (χ0n) is 19.5. The summed E-state index contributed by atoms with van der Waals surface area (Å²) in [5.41, 5.74) is 2.27. The van der Waals surface area contributed by atoms with Crippen LogP contribution >= 0.6 is 0 Å². The predicted octanol–water partition coefficient (Wildman–Crippen LogP) is 2.22. The molecule has 1 fully saturated rings. The molecule has 0 unspecified atom stereocenters. The molecule has 0 radical (unpaired) electrons. The molecule has 1 amide bonds. The fraction of sp³-hybridized carbons (Fsp3) is 0.545. The van der Waals surface area contributed by atoms with Crippen LogP contribution in [0.15, 0.2) is 16.9 Å². The number of ether oxygens (including phenoxy) is 3. The average molecular weight is 446 g/mol. The topological polar surface area (TPSA) is 108 Å². The molecule has 1 saturated heterocycles. The van der Waals surface area contributed by atoms with Gasteiger partial charge < -0.3 is 24.4 Å². The van der Waals surface area contributed by atoms with Crippen LogP contribution in [0, 0.1) is 13.8 Å². The highest BCUT2D eigenvalue weighted by molar-refractivity contribution is 5.68. The second-order valence-electron chi connectivity index (χ2n) is 7.55. The highest BCUT2D eigenvalue weighted by Gasteiger charge is 2.37. The van der Waals surface area contributed by atoms with Crippen LogP contribution in [0.1, 0.15) is 25.2 Å². The molecular weight excluding hydrogens is 414 g/mol. The van der Waals surface area contributed by atoms with Gasteiger partial charge in [-0.3, -0.25) is 9.36 Å². The Morgan fingerprint density at radius 1 is 1.16 bits per heavy atom. The molecule has 2 aromatic heterocycles. The fourth-order valence-electron chi connectivity index (χ4n) is 3.97. The van der Waals surface area contributed by atoms with Gasteiger partial charge in [0.2, 0.25) is 5.88 Å². The number of anilines is 1. The maximum absolute atomic E-state index is 13.4. The van der Waals surface area contributed by atoms with Gasteiger partial charge >= 0.3 is 6.09 Å². The number of amides is 1. The van der Waals surface area contributed by atoms with Gasteiger partial charge in [-0.05, 0) is 33.8 Å². The first-order valence-corrected chi connectivity index (χ1v) is 10.7. The van der Waals surface area contributed by atoms with Crippen LogP contribution < -0.4 is 15.6 Å². The lowest BCUT2D eigenvalue weighted by Crippen LogP contribution is -2.38. The smallest absolute Gasteiger partial charge is 0.409 e. The van der Waals surface area contributed by atoms with E-state index in [1.807, 2.05) is 26.8 Å². The minimum atomic E-state index is -0.419. The van der Waals surface area contributed by atoms with Crippen LogP contribution in [0.4, 0.5) is 10.5 Å². The number of methoxy groups -OCH3 is 2. The van der Waals surface area contributed by atoms with Crippen LogP contribution in [0.3, 0.4) is 0 Å². The van der Waals surface area contributed by atoms with Crippen LogP contribution in [0.25, 0.3) is 11.4 Å². The van der Waals surface area contributed by atoms with Crippen molar-refractivity contribution < 1.29 is 19.0 Å². The second kappa shape index (κ2) is 9.99. The summed E-state index contributed by atoms with van der Waals surface area (Å²) in [5, 5.41) is 3.30. The molecule has 1 aliphatic heterocycles. The largest absolute Gasteiger partial charge is 0.481 e. The highest BCUT2D eigenvalue weighted by Crippen LogP contribution is 2.25. The predicted molar refractivity (Wildman–Crippen MR) is 120 cm³/mol. The summed E-state index contributed by atoms with van der Waals surface area (Å²) in [4.78, 5) is 36.2. The molecule has 2 atom stereocenters. The molecule has 174 valence electrons. The Balaban J connectivity index is 1.98. The Kier molecular flexibility index (Phi) is 7.34. The third-order valence-electron chi connectivity index (χ3n) is 5.59. The number of hydrogen-bond donors (Lipinski definition) is 1. The van der Waals surface area contributed by atoms with Crippen molar-refractivity contribution in [3.63, 3.8) is 0 Å². The minimum absolute atomic E-state index is 0.183. The number of pyridine rings is 1. The maximum Gasteiger partial charge on any atom is 0.409 e. The molecule has 3 rings (SSSR count). The number of likely N-dealkylation sites (tertiary alicyclic amines) is 1. The second-order valence-corrected chi connectivity index (χ2v) is 7.55. The van der Waals surface area contributed by atoms with Gasteiger partial charge in [0, 0.05) is 31.3 Å². The summed E-state index contributed by atoms with van der Waals surface area (Å²) in [6.45, 7) is 9.14. The summed E-state index contributed by atoms with van der Waals surface area (Å²) >= 11 is 0. The number of nitrogens with one attached hydrogen (secondary N) is 1. The Morgan fingerprint density at radius 2 is 1.91 bits per heavy atom. The molecule has 3 heterocycles. The van der Waals surface area contributed by atoms with Gasteiger partial charge in [0.05, 0.1) is 44.3 Å². The van der Waals surface area contributed by atoms with E-state index >= 15 is 0 Å². The summed E-state index contributed by atoms with van der Waals surface area (Å²) in [5.74, 6) is 1.06. The first kappa shape index (κ1) is 23.5. The van der Waals surface area contributed by atoms with E-state index in [4.69, 9.17) is 19.2 Å². The monoisotopic (exact) mass is 445 g/mol. The van der Waals surface area contributed by atoms with Crippen molar-refractivity contribution in [2.45, 2.75) is 46.4 Å². The number of rotatable bonds is 7. The van der Waals surface area contributed by atoms with E-state index < -0.39 is 6.09 Å². The molecule has 0 aromatic carbocycles. The normalized spacial score (nSPS) is 18.0. The lowest BCUT2D eigenvalue weighted by atomic mass is 10.1. The van der Waals surface area contributed by atoms with Crippen molar-refractivity contribution in [2.75, 3.05) is 39.2 Å². The first-order valence-electron chi connectivity index (χ1n) is 10.7. The lowest BCUT2D eigenvalue weighted by Gasteiger charge is -2.22. The molecule has 0 spiro atoms. The molecule has 0 aliphatic carbocycles. The van der Waals surface area contributed by atoms with Crippen LogP contribution in [-0.4, -0.2) is 71.6 Å². The van der Waals surface area contributed by atoms with E-state index in [-0.39, 0.29) is 17.7 Å². The van der Waals surface area contributed by atoms with Crippen LogP contribution in [0.2, 0.25) is 0 Å². The molecule has 0 saturated carbocycles. The molecule has 10 nitrogen and oxygen atoms in total. The van der Waals surface area contributed by atoms with Crippen molar-refractivity contribution in [3.05, 3.63) is 33.9 Å². The summed E-state index contributed by atoms with van der Waals surface area (Å²) in [7, 11) is 2.91. The van der Waals surface area contributed by atoms with Crippen LogP contribution in [0.5, 0.6) is 5.88 Å². The summed E-state index contributed by atoms with van der Waals surface area (Å²) in [6, 6.07) is 3.35. The van der Waals surface area contributed by atoms with Gasteiger partial charge in [-0.25, -0.2) is 14.8 Å². The maximum atomic E-state index is 13.4. The SMILES string of the molecule is CCO[C@H]1CN(C(=O)OC)C[C@H]1Nc1c(C)nc(-c2ccc(OC)nc2C)n(CC)c1=O. The van der Waals surface area contributed by atoms with E-state index in [2.05, 4.69) is 10.3 Å². The Labute approximate surface area is 187 Å². The van der Waals surface area contributed by atoms with Crippen LogP contribution in [-0.2, 0) is 16.0 Å². The van der Waals surface area contributed by atoms with Gasteiger partial charge in [0.15, 0.2) is 0 Å². The van der Waals surface area contributed by atoms with E-state index in [0.717, 1.165) is 11.3 Å². The first-order chi connectivity index (χ1) is 15.3. The van der Waals surface area contributed by atoms with Gasteiger partial charge in [-0.2, -0.15) is 0 Å². The van der Waals surface area contributed by atoms with Gasteiger partial charge in [-0.15, -0.1) is 0 Å². The number of aromatic nitrogens is 3. The zero-order valence-corrected chi connectivity index (χ0v) is 19.5. The minimum Gasteiger partial charge on any atom is -0.481 e. The average Bonchev–Trinajstić information content (AvgIpc) is 3.18. The van der Waals surface area contributed by atoms with Gasteiger partial charge in [0.1, 0.15) is 11.5 Å². The van der Waals surface area contributed by atoms with Crippen molar-refractivity contribution in [3.8, 4) is 17.3 Å². The number of nitrogens with zero attached hydrogens (tertiary/aromatic N) is 4. The number of aryl methyl sites for hydroxylation is 2. The van der Waals surface area contributed by atoms with E-state index in [9.17, 15) is 9.59 Å². The molecule has 32 heavy (non-hydrogen) atoms. The van der Waals surface area contributed by atoms with Crippen molar-refractivity contribution >= 4 is 11.8 Å². The third kappa shape index (κ3) is 4.55. The van der Waals surface area contributed by atoms with Gasteiger partial charge in [-0.1, -0.05) is 0 Å². The molecular formula is C22H31N5O5. The molecule has 1 aliphatic rings. The van der Waals surface area contributed by atoms with E-state index in [1.54, 1.807) is 29.6 Å². The number of carbonyl (C=O) groups excluding carboxylic acids is 1. The molecule has 10 heteroatoms. The van der Waals surface area contributed by atoms with Crippen molar-refractivity contribution in [2.24, 2.45) is 0 Å². The van der Waals surface area contributed by atoms with E-state index in [1.165, 1.54) is 7.11 Å². The Bertz CT molecular complexity index is 1040. The number of hydrogen-bond acceptors (Lipinski definition) is 8. The summed E-state index contributed by atoms with van der Waals surface area (Å²) < 4.78 is 17.5. The standard InChI is InChI=1S/C22H31N5O5/c1-7-27-20(15-9-10-18(30-5)23-13(15)3)24-14(4)19(21(27)28)25-16-11-26(22(29)31-6)12-17(16)32-8-2/h9-10,16-17,25H,7-8,11-12H2,1-6H3/t16-,17+/m1/s1. The van der Waals surface area contributed by atoms with Gasteiger partial charge in [0.25, 0.3) is 5.56 Å². The molecule has 2 aromatic rings. The Hall–Kier alpha value is -3.14. The van der Waals surface area contributed by atoms with E-state index in [0.29, 0.717) is 49.3 Å². The van der Waals surface area contributed by atoms with Crippen molar-refractivity contribution in [1.29, 1.82) is 0 Å². The fourth-order valence-corrected chi connectivity index (χ4v) is 3.97. The third-order valence-corrected chi connectivity index (χ3v) is 5.59. The zero-order chi connectivity index (χ0) is 23.4. The molecule has 1 N–H and O–H groups in total. The lowest BCUT2D eigenvalue weighted by molar-refractivity contribution is 0.0614. The highest BCUT2D eigenvalue weighted by atomic mass is 16.5. The Morgan fingerprint density at radius 3 is 2.50 bits per heavy atom. The van der Waals surface area contributed by atoms with Crippen molar-refractivity contribution in [1.82, 2.24) is 19.4 Å². The quantitative estimate of drug-likeness (QED) is 0.691. The molecule has 0 bridgehead atoms.